The van der Waals surface area contributed by atoms with Crippen molar-refractivity contribution in [2.24, 2.45) is 5.92 Å². The number of rotatable bonds is 5. The van der Waals surface area contributed by atoms with Gasteiger partial charge in [-0.15, -0.1) is 0 Å². The van der Waals surface area contributed by atoms with Gasteiger partial charge in [-0.05, 0) is 44.4 Å². The highest BCUT2D eigenvalue weighted by atomic mass is 35.5. The van der Waals surface area contributed by atoms with Crippen LogP contribution in [0.3, 0.4) is 0 Å². The Labute approximate surface area is 162 Å². The van der Waals surface area contributed by atoms with Crippen LogP contribution in [0.2, 0.25) is 5.02 Å². The van der Waals surface area contributed by atoms with Crippen molar-refractivity contribution < 1.29 is 17.7 Å². The van der Waals surface area contributed by atoms with Crippen molar-refractivity contribution in [3.05, 3.63) is 40.5 Å². The average Bonchev–Trinajstić information content (AvgIpc) is 3.07. The lowest BCUT2D eigenvalue weighted by Gasteiger charge is -2.30. The summed E-state index contributed by atoms with van der Waals surface area (Å²) in [5, 5.41) is 6.81. The Hall–Kier alpha value is -1.97. The number of halogens is 1. The van der Waals surface area contributed by atoms with Gasteiger partial charge in [0.15, 0.2) is 5.82 Å². The molecule has 0 bridgehead atoms. The molecule has 1 aliphatic heterocycles. The summed E-state index contributed by atoms with van der Waals surface area (Å²) in [5.41, 5.74) is 0.647. The molecule has 8 nitrogen and oxygen atoms in total. The number of carbonyl (C=O) groups excluding carboxylic acids is 1. The Morgan fingerprint density at radius 3 is 2.67 bits per heavy atom. The van der Waals surface area contributed by atoms with E-state index >= 15 is 0 Å². The number of nitrogens with one attached hydrogen (secondary N) is 1. The van der Waals surface area contributed by atoms with Crippen LogP contribution < -0.4 is 5.32 Å². The Morgan fingerprint density at radius 1 is 1.33 bits per heavy atom. The van der Waals surface area contributed by atoms with E-state index in [0.717, 1.165) is 0 Å². The predicted molar refractivity (Wildman–Crippen MR) is 98.6 cm³/mol. The van der Waals surface area contributed by atoms with Gasteiger partial charge in [-0.2, -0.15) is 9.29 Å². The molecule has 0 saturated carbocycles. The van der Waals surface area contributed by atoms with Crippen LogP contribution in [0.15, 0.2) is 27.6 Å². The SMILES string of the molecule is Cc1noc(CNC(=O)C2CCN(S(=O)(=O)c3cc(Cl)ccc3C)CC2)n1. The highest BCUT2D eigenvalue weighted by Gasteiger charge is 2.33. The number of hydrogen-bond acceptors (Lipinski definition) is 6. The topological polar surface area (TPSA) is 105 Å². The largest absolute Gasteiger partial charge is 0.347 e. The van der Waals surface area contributed by atoms with Crippen LogP contribution in [0, 0.1) is 19.8 Å². The summed E-state index contributed by atoms with van der Waals surface area (Å²) in [7, 11) is -3.63. The van der Waals surface area contributed by atoms with Gasteiger partial charge in [0.1, 0.15) is 0 Å². The highest BCUT2D eigenvalue weighted by molar-refractivity contribution is 7.89. The molecule has 1 aliphatic rings. The molecule has 0 unspecified atom stereocenters. The van der Waals surface area contributed by atoms with E-state index in [9.17, 15) is 13.2 Å². The van der Waals surface area contributed by atoms with Gasteiger partial charge in [0, 0.05) is 24.0 Å². The molecule has 2 heterocycles. The summed E-state index contributed by atoms with van der Waals surface area (Å²) >= 11 is 5.96. The molecule has 1 N–H and O–H groups in total. The van der Waals surface area contributed by atoms with E-state index in [1.807, 2.05) is 0 Å². The second-order valence-corrected chi connectivity index (χ2v) is 8.88. The third kappa shape index (κ3) is 4.48. The number of nitrogens with zero attached hydrogens (tertiary/aromatic N) is 3. The van der Waals surface area contributed by atoms with E-state index in [2.05, 4.69) is 15.5 Å². The van der Waals surface area contributed by atoms with Crippen molar-refractivity contribution in [1.29, 1.82) is 0 Å². The zero-order chi connectivity index (χ0) is 19.6. The number of hydrogen-bond donors (Lipinski definition) is 1. The maximum Gasteiger partial charge on any atom is 0.246 e. The normalized spacial score (nSPS) is 16.4. The monoisotopic (exact) mass is 412 g/mol. The smallest absolute Gasteiger partial charge is 0.246 e. The van der Waals surface area contributed by atoms with E-state index in [4.69, 9.17) is 16.1 Å². The fourth-order valence-electron chi connectivity index (χ4n) is 3.07. The summed E-state index contributed by atoms with van der Waals surface area (Å²) in [4.78, 5) is 16.6. The lowest BCUT2D eigenvalue weighted by Crippen LogP contribution is -2.43. The fraction of sp³-hybridized carbons (Fsp3) is 0.471. The Kier molecular flexibility index (Phi) is 5.83. The number of sulfonamides is 1. The first kappa shape index (κ1) is 19.8. The summed E-state index contributed by atoms with van der Waals surface area (Å²) in [5.74, 6) is 0.467. The third-order valence-corrected chi connectivity index (χ3v) is 6.85. The third-order valence-electron chi connectivity index (χ3n) is 4.58. The first-order valence-electron chi connectivity index (χ1n) is 8.60. The van der Waals surface area contributed by atoms with E-state index < -0.39 is 10.0 Å². The first-order valence-corrected chi connectivity index (χ1v) is 10.4. The van der Waals surface area contributed by atoms with Crippen LogP contribution in [0.5, 0.6) is 0 Å². The summed E-state index contributed by atoms with van der Waals surface area (Å²) < 4.78 is 32.2. The molecule has 1 aromatic carbocycles. The molecule has 1 aromatic heterocycles. The molecule has 27 heavy (non-hydrogen) atoms. The van der Waals surface area contributed by atoms with Gasteiger partial charge in [0.2, 0.25) is 21.8 Å². The van der Waals surface area contributed by atoms with Crippen molar-refractivity contribution >= 4 is 27.5 Å². The second kappa shape index (κ2) is 7.95. The molecule has 1 amide bonds. The summed E-state index contributed by atoms with van der Waals surface area (Å²) in [6.45, 7) is 4.17. The van der Waals surface area contributed by atoms with Gasteiger partial charge in [0.05, 0.1) is 11.4 Å². The fourth-order valence-corrected chi connectivity index (χ4v) is 5.03. The maximum atomic E-state index is 12.9. The van der Waals surface area contributed by atoms with E-state index in [1.54, 1.807) is 26.0 Å². The lowest BCUT2D eigenvalue weighted by molar-refractivity contribution is -0.126. The summed E-state index contributed by atoms with van der Waals surface area (Å²) in [6, 6.07) is 4.82. The molecule has 2 aromatic rings. The van der Waals surface area contributed by atoms with Gasteiger partial charge >= 0.3 is 0 Å². The van der Waals surface area contributed by atoms with Crippen molar-refractivity contribution in [1.82, 2.24) is 19.8 Å². The molecule has 3 rings (SSSR count). The molecule has 1 saturated heterocycles. The quantitative estimate of drug-likeness (QED) is 0.805. The summed E-state index contributed by atoms with van der Waals surface area (Å²) in [6.07, 6.45) is 0.904. The molecule has 0 atom stereocenters. The maximum absolute atomic E-state index is 12.9. The zero-order valence-corrected chi connectivity index (χ0v) is 16.7. The Bertz CT molecular complexity index is 936. The molecule has 0 aliphatic carbocycles. The van der Waals surface area contributed by atoms with Crippen molar-refractivity contribution in [3.8, 4) is 0 Å². The number of benzene rings is 1. The number of amides is 1. The Balaban J connectivity index is 1.59. The number of aromatic nitrogens is 2. The van der Waals surface area contributed by atoms with Gasteiger partial charge in [-0.3, -0.25) is 4.79 Å². The zero-order valence-electron chi connectivity index (χ0n) is 15.1. The standard InChI is InChI=1S/C17H21ClN4O4S/c1-11-3-4-14(18)9-15(11)27(24,25)22-7-5-13(6-8-22)17(23)19-10-16-20-12(2)21-26-16/h3-4,9,13H,5-8,10H2,1-2H3,(H,19,23). The lowest BCUT2D eigenvalue weighted by atomic mass is 9.97. The van der Waals surface area contributed by atoms with Crippen molar-refractivity contribution in [2.45, 2.75) is 38.1 Å². The van der Waals surface area contributed by atoms with Crippen molar-refractivity contribution in [2.75, 3.05) is 13.1 Å². The minimum Gasteiger partial charge on any atom is -0.347 e. The van der Waals surface area contributed by atoms with Gasteiger partial charge in [-0.1, -0.05) is 22.8 Å². The molecular formula is C17H21ClN4O4S. The highest BCUT2D eigenvalue weighted by Crippen LogP contribution is 2.27. The molecule has 1 fully saturated rings. The van der Waals surface area contributed by atoms with Gasteiger partial charge in [-0.25, -0.2) is 8.42 Å². The van der Waals surface area contributed by atoms with E-state index in [0.29, 0.717) is 35.1 Å². The van der Waals surface area contributed by atoms with Crippen LogP contribution >= 0.6 is 11.6 Å². The first-order chi connectivity index (χ1) is 12.8. The molecule has 10 heteroatoms. The average molecular weight is 413 g/mol. The predicted octanol–water partition coefficient (Wildman–Crippen LogP) is 2.06. The molecule has 0 spiro atoms. The van der Waals surface area contributed by atoms with Crippen LogP contribution in [-0.4, -0.2) is 41.9 Å². The molecule has 0 radical (unpaired) electrons. The molecule has 146 valence electrons. The van der Waals surface area contributed by atoms with Crippen LogP contribution in [-0.2, 0) is 21.4 Å². The second-order valence-electron chi connectivity index (χ2n) is 6.54. The van der Waals surface area contributed by atoms with Gasteiger partial charge < -0.3 is 9.84 Å². The van der Waals surface area contributed by atoms with Crippen LogP contribution in [0.25, 0.3) is 0 Å². The van der Waals surface area contributed by atoms with E-state index in [1.165, 1.54) is 10.4 Å². The van der Waals surface area contributed by atoms with E-state index in [-0.39, 0.29) is 36.4 Å². The number of piperidine rings is 1. The van der Waals surface area contributed by atoms with Crippen LogP contribution in [0.1, 0.15) is 30.1 Å². The molecular weight excluding hydrogens is 392 g/mol. The van der Waals surface area contributed by atoms with Crippen LogP contribution in [0.4, 0.5) is 0 Å². The minimum atomic E-state index is -3.63. The van der Waals surface area contributed by atoms with Gasteiger partial charge in [0.25, 0.3) is 0 Å². The number of aryl methyl sites for hydroxylation is 2. The van der Waals surface area contributed by atoms with Crippen molar-refractivity contribution in [3.63, 3.8) is 0 Å². The number of carbonyl (C=O) groups is 1. The Morgan fingerprint density at radius 2 is 2.04 bits per heavy atom. The minimum absolute atomic E-state index is 0.137.